The van der Waals surface area contributed by atoms with E-state index in [-0.39, 0.29) is 18.6 Å². The van der Waals surface area contributed by atoms with Crippen molar-refractivity contribution >= 4 is 18.4 Å². The van der Waals surface area contributed by atoms with Crippen molar-refractivity contribution in [2.24, 2.45) is 34.5 Å². The topological polar surface area (TPSA) is 35.5 Å². The Balaban J connectivity index is 1.31. The van der Waals surface area contributed by atoms with Crippen LogP contribution in [0.15, 0.2) is 30.3 Å². The average Bonchev–Trinajstić information content (AvgIpc) is 3.27. The molecule has 1 saturated heterocycles. The zero-order chi connectivity index (χ0) is 21.4. The molecule has 1 heterocycles. The monoisotopic (exact) mass is 416 g/mol. The van der Waals surface area contributed by atoms with E-state index in [1.54, 1.807) is 0 Å². The number of fused-ring (bicyclic) bond motifs is 7. The van der Waals surface area contributed by atoms with Gasteiger partial charge < -0.3 is 9.31 Å². The molecule has 1 aliphatic heterocycles. The molecular formula is C27H33BO3. The summed E-state index contributed by atoms with van der Waals surface area (Å²) in [4.78, 5) is 12.2. The summed E-state index contributed by atoms with van der Waals surface area (Å²) in [6.45, 7) is 4.89. The van der Waals surface area contributed by atoms with Gasteiger partial charge in [0, 0.05) is 18.3 Å². The quantitative estimate of drug-likeness (QED) is 0.503. The molecule has 0 N–H and O–H groups in total. The minimum absolute atomic E-state index is 0.0325. The van der Waals surface area contributed by atoms with Crippen LogP contribution in [-0.4, -0.2) is 24.6 Å². The maximum atomic E-state index is 12.2. The highest BCUT2D eigenvalue weighted by Crippen LogP contribution is 2.69. The molecule has 8 atom stereocenters. The first-order valence-electron chi connectivity index (χ1n) is 12.3. The van der Waals surface area contributed by atoms with Crippen molar-refractivity contribution in [3.05, 3.63) is 30.3 Å². The Morgan fingerprint density at radius 1 is 1.10 bits per heavy atom. The van der Waals surface area contributed by atoms with Crippen LogP contribution in [0.5, 0.6) is 0 Å². The first-order chi connectivity index (χ1) is 14.9. The van der Waals surface area contributed by atoms with Crippen molar-refractivity contribution in [2.45, 2.75) is 76.9 Å². The lowest BCUT2D eigenvalue weighted by atomic mass is 9.44. The highest BCUT2D eigenvalue weighted by molar-refractivity contribution is 6.62. The SMILES string of the molecule is C#C[C@]12OB(c3ccccc3)O[C@H]1C[C@H]1[C@@H]3CC[C@H]4CC(=O)CC[C@]4(C)[C@H]3CC[C@@]12C. The highest BCUT2D eigenvalue weighted by atomic mass is 16.7. The Morgan fingerprint density at radius 2 is 1.90 bits per heavy atom. The summed E-state index contributed by atoms with van der Waals surface area (Å²) < 4.78 is 13.2. The van der Waals surface area contributed by atoms with Crippen molar-refractivity contribution in [1.29, 1.82) is 0 Å². The Hall–Kier alpha value is -1.57. The van der Waals surface area contributed by atoms with Gasteiger partial charge in [-0.05, 0) is 73.1 Å². The number of Topliss-reactive ketones (excluding diaryl/α,β-unsaturated/α-hetero) is 1. The highest BCUT2D eigenvalue weighted by Gasteiger charge is 2.72. The Labute approximate surface area is 186 Å². The molecule has 0 spiro atoms. The molecule has 0 amide bonds. The van der Waals surface area contributed by atoms with Gasteiger partial charge in [0.2, 0.25) is 0 Å². The zero-order valence-corrected chi connectivity index (χ0v) is 18.8. The van der Waals surface area contributed by atoms with Crippen molar-refractivity contribution < 1.29 is 14.1 Å². The zero-order valence-electron chi connectivity index (χ0n) is 18.8. The van der Waals surface area contributed by atoms with E-state index in [2.05, 4.69) is 31.9 Å². The lowest BCUT2D eigenvalue weighted by Gasteiger charge is -2.60. The number of ketones is 1. The Morgan fingerprint density at radius 3 is 2.68 bits per heavy atom. The molecule has 4 aliphatic carbocycles. The van der Waals surface area contributed by atoms with E-state index in [0.29, 0.717) is 34.9 Å². The van der Waals surface area contributed by atoms with E-state index in [1.165, 1.54) is 19.3 Å². The third kappa shape index (κ3) is 2.54. The van der Waals surface area contributed by atoms with Gasteiger partial charge in [0.15, 0.2) is 0 Å². The molecule has 4 saturated carbocycles. The van der Waals surface area contributed by atoms with Crippen LogP contribution in [0.3, 0.4) is 0 Å². The fourth-order valence-corrected chi connectivity index (χ4v) is 8.78. The smallest absolute Gasteiger partial charge is 0.400 e. The lowest BCUT2D eigenvalue weighted by molar-refractivity contribution is -0.144. The first-order valence-corrected chi connectivity index (χ1v) is 12.3. The normalized spacial score (nSPS) is 48.4. The van der Waals surface area contributed by atoms with E-state index in [9.17, 15) is 4.79 Å². The molecule has 0 radical (unpaired) electrons. The number of hydrogen-bond acceptors (Lipinski definition) is 3. The third-order valence-electron chi connectivity index (χ3n) is 10.5. The molecular weight excluding hydrogens is 383 g/mol. The summed E-state index contributed by atoms with van der Waals surface area (Å²) in [5.74, 6) is 6.14. The summed E-state index contributed by atoms with van der Waals surface area (Å²) in [7, 11) is -0.365. The summed E-state index contributed by atoms with van der Waals surface area (Å²) in [5.41, 5.74) is 0.682. The van der Waals surface area contributed by atoms with Crippen molar-refractivity contribution in [2.75, 3.05) is 0 Å². The molecule has 3 nitrogen and oxygen atoms in total. The second-order valence-electron chi connectivity index (χ2n) is 11.5. The van der Waals surface area contributed by atoms with Gasteiger partial charge in [-0.25, -0.2) is 0 Å². The molecule has 4 heteroatoms. The predicted molar refractivity (Wildman–Crippen MR) is 121 cm³/mol. The van der Waals surface area contributed by atoms with Crippen LogP contribution in [0.2, 0.25) is 0 Å². The summed E-state index contributed by atoms with van der Waals surface area (Å²) in [6.07, 6.45) is 14.6. The van der Waals surface area contributed by atoms with Crippen molar-refractivity contribution in [1.82, 2.24) is 0 Å². The van der Waals surface area contributed by atoms with Gasteiger partial charge in [0.1, 0.15) is 11.4 Å². The molecule has 5 aliphatic rings. The molecule has 6 rings (SSSR count). The predicted octanol–water partition coefficient (Wildman–Crippen LogP) is 4.39. The minimum atomic E-state index is -0.635. The molecule has 0 unspecified atom stereocenters. The van der Waals surface area contributed by atoms with Gasteiger partial charge in [-0.2, -0.15) is 0 Å². The second-order valence-corrected chi connectivity index (χ2v) is 11.5. The number of hydrogen-bond donors (Lipinski definition) is 0. The fourth-order valence-electron chi connectivity index (χ4n) is 8.78. The number of terminal acetylenes is 1. The third-order valence-corrected chi connectivity index (χ3v) is 10.5. The first kappa shape index (κ1) is 20.1. The largest absolute Gasteiger partial charge is 0.495 e. The number of rotatable bonds is 1. The second kappa shape index (κ2) is 6.72. The van der Waals surface area contributed by atoms with E-state index < -0.39 is 5.60 Å². The van der Waals surface area contributed by atoms with Crippen molar-refractivity contribution in [3.8, 4) is 12.3 Å². The van der Waals surface area contributed by atoms with Crippen LogP contribution >= 0.6 is 0 Å². The Kier molecular flexibility index (Phi) is 4.35. The van der Waals surface area contributed by atoms with Crippen LogP contribution in [0.4, 0.5) is 0 Å². The fraction of sp³-hybridized carbons (Fsp3) is 0.667. The van der Waals surface area contributed by atoms with E-state index in [0.717, 1.165) is 37.6 Å². The van der Waals surface area contributed by atoms with Crippen LogP contribution < -0.4 is 5.46 Å². The molecule has 1 aromatic rings. The lowest BCUT2D eigenvalue weighted by Crippen LogP contribution is -2.57. The minimum Gasteiger partial charge on any atom is -0.400 e. The van der Waals surface area contributed by atoms with E-state index in [4.69, 9.17) is 15.7 Å². The van der Waals surface area contributed by atoms with Crippen LogP contribution in [0.1, 0.15) is 65.2 Å². The molecule has 1 aromatic carbocycles. The van der Waals surface area contributed by atoms with Crippen LogP contribution in [0, 0.1) is 46.8 Å². The molecule has 5 fully saturated rings. The van der Waals surface area contributed by atoms with Gasteiger partial charge in [0.25, 0.3) is 0 Å². The number of carbonyl (C=O) groups excluding carboxylic acids is 1. The molecule has 31 heavy (non-hydrogen) atoms. The van der Waals surface area contributed by atoms with Crippen LogP contribution in [-0.2, 0) is 14.1 Å². The Bertz CT molecular complexity index is 940. The van der Waals surface area contributed by atoms with E-state index in [1.807, 2.05) is 18.2 Å². The van der Waals surface area contributed by atoms with Gasteiger partial charge in [-0.1, -0.05) is 50.1 Å². The summed E-state index contributed by atoms with van der Waals surface area (Å²) in [6, 6.07) is 10.2. The van der Waals surface area contributed by atoms with E-state index >= 15 is 0 Å². The summed E-state index contributed by atoms with van der Waals surface area (Å²) in [5, 5.41) is 0. The van der Waals surface area contributed by atoms with Crippen molar-refractivity contribution in [3.63, 3.8) is 0 Å². The molecule has 0 aromatic heterocycles. The summed E-state index contributed by atoms with van der Waals surface area (Å²) >= 11 is 0. The van der Waals surface area contributed by atoms with Gasteiger partial charge in [0.05, 0.1) is 6.10 Å². The van der Waals surface area contributed by atoms with Crippen LogP contribution in [0.25, 0.3) is 0 Å². The molecule has 162 valence electrons. The van der Waals surface area contributed by atoms with Gasteiger partial charge in [-0.15, -0.1) is 6.42 Å². The maximum absolute atomic E-state index is 12.2. The van der Waals surface area contributed by atoms with Gasteiger partial charge >= 0.3 is 7.12 Å². The number of benzene rings is 1. The standard InChI is InChI=1S/C27H33BO3/c1-4-27-24(30-28(31-27)19-8-6-5-7-9-19)17-23-21-11-10-18-16-20(29)12-14-25(18,2)22(21)13-15-26(23,27)3/h1,5-9,18,21-24H,10-17H2,2-3H3/t18-,21+,22-,23-,24-,25-,26-,27-/m0/s1. The van der Waals surface area contributed by atoms with Gasteiger partial charge in [-0.3, -0.25) is 4.79 Å². The maximum Gasteiger partial charge on any atom is 0.495 e. The average molecular weight is 416 g/mol. The molecule has 0 bridgehead atoms. The number of carbonyl (C=O) groups is 1.